The molecule has 0 saturated heterocycles. The molecule has 1 aromatic heterocycles. The van der Waals surface area contributed by atoms with Crippen molar-refractivity contribution in [2.75, 3.05) is 13.7 Å². The minimum atomic E-state index is 0.650. The van der Waals surface area contributed by atoms with E-state index in [9.17, 15) is 0 Å². The molecule has 0 unspecified atom stereocenters. The second-order valence-electron chi connectivity index (χ2n) is 3.57. The number of nitrogens with zero attached hydrogens (tertiary/aromatic N) is 4. The molecule has 17 heavy (non-hydrogen) atoms. The number of aromatic nitrogens is 1. The third-order valence-electron chi connectivity index (χ3n) is 2.34. The fourth-order valence-electron chi connectivity index (χ4n) is 1.51. The fraction of sp³-hybridized carbons (Fsp3) is 0.200. The quantitative estimate of drug-likeness (QED) is 0.678. The van der Waals surface area contributed by atoms with Crippen LogP contribution in [0.4, 0.5) is 0 Å². The van der Waals surface area contributed by atoms with Crippen LogP contribution in [0.25, 0.3) is 10.2 Å². The van der Waals surface area contributed by atoms with Gasteiger partial charge < -0.3 is 0 Å². The second kappa shape index (κ2) is 4.49. The number of thiol groups is 1. The van der Waals surface area contributed by atoms with Gasteiger partial charge in [-0.05, 0) is 12.1 Å². The molecule has 0 fully saturated rings. The van der Waals surface area contributed by atoms with E-state index in [0.717, 1.165) is 15.0 Å². The predicted octanol–water partition coefficient (Wildman–Crippen LogP) is 2.71. The van der Waals surface area contributed by atoms with Crippen LogP contribution in [-0.4, -0.2) is 33.3 Å². The molecule has 88 valence electrons. The summed E-state index contributed by atoms with van der Waals surface area (Å²) in [5.41, 5.74) is 1.04. The van der Waals surface area contributed by atoms with Gasteiger partial charge >= 0.3 is 0 Å². The van der Waals surface area contributed by atoms with Crippen LogP contribution >= 0.6 is 35.9 Å². The topological polar surface area (TPSA) is 31.7 Å². The summed E-state index contributed by atoms with van der Waals surface area (Å²) >= 11 is 7.57. The average Bonchev–Trinajstić information content (AvgIpc) is 2.87. The molecule has 2 aromatic rings. The van der Waals surface area contributed by atoms with Gasteiger partial charge in [0, 0.05) is 19.0 Å². The number of para-hydroxylation sites is 1. The molecule has 0 atom stereocenters. The number of fused-ring (bicyclic) bond motifs is 1. The first kappa shape index (κ1) is 11.3. The smallest absolute Gasteiger partial charge is 0.183 e. The Hall–Kier alpha value is -0.760. The van der Waals surface area contributed by atoms with Gasteiger partial charge in [0.05, 0.1) is 10.2 Å². The lowest BCUT2D eigenvalue weighted by molar-refractivity contribution is 0.216. The zero-order valence-electron chi connectivity index (χ0n) is 9.07. The molecule has 0 bridgehead atoms. The maximum Gasteiger partial charge on any atom is 0.183 e. The second-order valence-corrected chi connectivity index (χ2v) is 6.17. The van der Waals surface area contributed by atoms with Gasteiger partial charge in [-0.1, -0.05) is 12.1 Å². The van der Waals surface area contributed by atoms with E-state index in [1.807, 2.05) is 34.7 Å². The molecule has 0 amide bonds. The summed E-state index contributed by atoms with van der Waals surface area (Å²) in [5.74, 6) is 0. The van der Waals surface area contributed by atoms with Gasteiger partial charge in [0.1, 0.15) is 6.67 Å². The van der Waals surface area contributed by atoms with E-state index >= 15 is 0 Å². The number of hydrogen-bond donors (Lipinski definition) is 1. The highest BCUT2D eigenvalue weighted by Crippen LogP contribution is 2.33. The number of benzene rings is 1. The van der Waals surface area contributed by atoms with Crippen LogP contribution in [0.3, 0.4) is 0 Å². The third kappa shape index (κ3) is 2.15. The van der Waals surface area contributed by atoms with Crippen molar-refractivity contribution in [3.05, 3.63) is 24.3 Å². The van der Waals surface area contributed by atoms with Gasteiger partial charge in [-0.25, -0.2) is 14.4 Å². The van der Waals surface area contributed by atoms with Gasteiger partial charge in [0.2, 0.25) is 0 Å². The predicted molar refractivity (Wildman–Crippen MR) is 76.4 cm³/mol. The van der Waals surface area contributed by atoms with Crippen LogP contribution in [0.15, 0.2) is 33.6 Å². The summed E-state index contributed by atoms with van der Waals surface area (Å²) in [6.07, 6.45) is 0. The van der Waals surface area contributed by atoms with E-state index in [2.05, 4.69) is 28.7 Å². The Morgan fingerprint density at radius 2 is 2.24 bits per heavy atom. The van der Waals surface area contributed by atoms with Gasteiger partial charge in [0.15, 0.2) is 9.51 Å². The fourth-order valence-corrected chi connectivity index (χ4v) is 3.79. The molecule has 0 radical (unpaired) electrons. The summed E-state index contributed by atoms with van der Waals surface area (Å²) < 4.78 is 4.15. The number of hydrazine groups is 1. The minimum Gasteiger partial charge on any atom is -0.243 e. The first-order valence-corrected chi connectivity index (χ1v) is 7.06. The summed E-state index contributed by atoms with van der Waals surface area (Å²) in [4.78, 5) is 8.81. The van der Waals surface area contributed by atoms with Gasteiger partial charge in [-0.15, -0.1) is 24.0 Å². The summed E-state index contributed by atoms with van der Waals surface area (Å²) in [7, 11) is 1.98. The Labute approximate surface area is 113 Å². The minimum absolute atomic E-state index is 0.650. The first-order chi connectivity index (χ1) is 8.24. The number of hydrogen-bond acceptors (Lipinski definition) is 6. The Morgan fingerprint density at radius 3 is 2.94 bits per heavy atom. The molecule has 0 N–H and O–H groups in total. The van der Waals surface area contributed by atoms with E-state index in [1.165, 1.54) is 4.70 Å². The van der Waals surface area contributed by atoms with Crippen molar-refractivity contribution >= 4 is 51.3 Å². The molecule has 2 heterocycles. The summed E-state index contributed by atoms with van der Waals surface area (Å²) in [6.45, 7) is 0.650. The van der Waals surface area contributed by atoms with Crippen molar-refractivity contribution in [3.63, 3.8) is 0 Å². The van der Waals surface area contributed by atoms with Crippen LogP contribution in [0.1, 0.15) is 0 Å². The van der Waals surface area contributed by atoms with Crippen molar-refractivity contribution in [2.45, 2.75) is 4.34 Å². The Morgan fingerprint density at radius 1 is 1.41 bits per heavy atom. The Kier molecular flexibility index (Phi) is 2.99. The molecule has 0 saturated carbocycles. The molecule has 1 aliphatic rings. The van der Waals surface area contributed by atoms with Crippen molar-refractivity contribution in [1.29, 1.82) is 0 Å². The van der Waals surface area contributed by atoms with E-state index in [1.54, 1.807) is 23.3 Å². The molecule has 0 aliphatic carbocycles. The van der Waals surface area contributed by atoms with Crippen LogP contribution < -0.4 is 0 Å². The molecular formula is C10H10N4S3. The van der Waals surface area contributed by atoms with Crippen molar-refractivity contribution < 1.29 is 0 Å². The SMILES string of the molecule is CN1CN=C(S)N1Sc1nc2ccccc2s1. The lowest BCUT2D eigenvalue weighted by Crippen LogP contribution is -2.30. The maximum absolute atomic E-state index is 4.57. The standard InChI is InChI=1S/C10H10N4S3/c1-13-6-11-9(15)14(13)17-10-12-7-4-2-3-5-8(7)16-10/h2-5H,6H2,1H3,(H,11,15). The lowest BCUT2D eigenvalue weighted by atomic mass is 10.3. The third-order valence-corrected chi connectivity index (χ3v) is 4.98. The highest BCUT2D eigenvalue weighted by atomic mass is 32.2. The lowest BCUT2D eigenvalue weighted by Gasteiger charge is -2.21. The monoisotopic (exact) mass is 282 g/mol. The maximum atomic E-state index is 4.57. The number of aliphatic imine (C=N–C) groups is 1. The zero-order chi connectivity index (χ0) is 11.8. The van der Waals surface area contributed by atoms with Crippen LogP contribution in [0, 0.1) is 0 Å². The summed E-state index contributed by atoms with van der Waals surface area (Å²) in [6, 6.07) is 8.14. The van der Waals surface area contributed by atoms with Crippen molar-refractivity contribution in [3.8, 4) is 0 Å². The molecular weight excluding hydrogens is 272 g/mol. The molecule has 1 aliphatic heterocycles. The van der Waals surface area contributed by atoms with Crippen molar-refractivity contribution in [2.24, 2.45) is 4.99 Å². The molecule has 1 aromatic carbocycles. The van der Waals surface area contributed by atoms with Gasteiger partial charge in [-0.2, -0.15) is 5.01 Å². The van der Waals surface area contributed by atoms with E-state index in [-0.39, 0.29) is 0 Å². The van der Waals surface area contributed by atoms with E-state index < -0.39 is 0 Å². The zero-order valence-corrected chi connectivity index (χ0v) is 11.6. The van der Waals surface area contributed by atoms with Crippen LogP contribution in [0.5, 0.6) is 0 Å². The first-order valence-electron chi connectivity index (χ1n) is 5.02. The normalized spacial score (nSPS) is 16.8. The Bertz CT molecular complexity index is 547. The van der Waals surface area contributed by atoms with Crippen LogP contribution in [-0.2, 0) is 0 Å². The van der Waals surface area contributed by atoms with Gasteiger partial charge in [-0.3, -0.25) is 0 Å². The molecule has 3 rings (SSSR count). The number of rotatable bonds is 2. The largest absolute Gasteiger partial charge is 0.243 e. The average molecular weight is 282 g/mol. The van der Waals surface area contributed by atoms with E-state index in [4.69, 9.17) is 0 Å². The summed E-state index contributed by atoms with van der Waals surface area (Å²) in [5, 5.41) is 2.72. The Balaban J connectivity index is 1.87. The molecule has 0 spiro atoms. The van der Waals surface area contributed by atoms with E-state index in [0.29, 0.717) is 6.67 Å². The number of amidine groups is 1. The highest BCUT2D eigenvalue weighted by Gasteiger charge is 2.22. The molecule has 4 nitrogen and oxygen atoms in total. The highest BCUT2D eigenvalue weighted by molar-refractivity contribution is 8.03. The molecule has 7 heteroatoms. The number of thiazole rings is 1. The van der Waals surface area contributed by atoms with Crippen molar-refractivity contribution in [1.82, 2.24) is 14.4 Å². The van der Waals surface area contributed by atoms with Crippen LogP contribution in [0.2, 0.25) is 0 Å². The van der Waals surface area contributed by atoms with Gasteiger partial charge in [0.25, 0.3) is 0 Å².